The zero-order valence-corrected chi connectivity index (χ0v) is 13.6. The van der Waals surface area contributed by atoms with Crippen molar-refractivity contribution in [1.29, 1.82) is 0 Å². The lowest BCUT2D eigenvalue weighted by Crippen LogP contribution is -2.13. The molecule has 0 heterocycles. The summed E-state index contributed by atoms with van der Waals surface area (Å²) in [5.74, 6) is -0.688. The minimum absolute atomic E-state index is 0.0314. The fourth-order valence-electron chi connectivity index (χ4n) is 2.30. The van der Waals surface area contributed by atoms with E-state index in [2.05, 4.69) is 5.32 Å². The quantitative estimate of drug-likeness (QED) is 0.730. The van der Waals surface area contributed by atoms with Crippen molar-refractivity contribution in [1.82, 2.24) is 0 Å². The van der Waals surface area contributed by atoms with Gasteiger partial charge in [-0.1, -0.05) is 18.2 Å². The van der Waals surface area contributed by atoms with E-state index >= 15 is 0 Å². The summed E-state index contributed by atoms with van der Waals surface area (Å²) in [5.41, 5.74) is 6.05. The number of halogens is 1. The molecule has 3 rings (SSSR count). The fraction of sp³-hybridized carbons (Fsp3) is 0. The lowest BCUT2D eigenvalue weighted by Gasteiger charge is -2.09. The molecule has 0 aliphatic rings. The van der Waals surface area contributed by atoms with E-state index in [0.29, 0.717) is 22.7 Å². The van der Waals surface area contributed by atoms with Gasteiger partial charge in [-0.2, -0.15) is 0 Å². The molecule has 0 aromatic heterocycles. The molecule has 0 aliphatic carbocycles. The molecule has 26 heavy (non-hydrogen) atoms. The highest BCUT2D eigenvalue weighted by molar-refractivity contribution is 6.04. The predicted molar refractivity (Wildman–Crippen MR) is 95.8 cm³/mol. The summed E-state index contributed by atoms with van der Waals surface area (Å²) < 4.78 is 19.3. The van der Waals surface area contributed by atoms with Crippen LogP contribution in [0.4, 0.5) is 10.1 Å². The van der Waals surface area contributed by atoms with Crippen LogP contribution in [0.5, 0.6) is 11.5 Å². The molecule has 0 fully saturated rings. The monoisotopic (exact) mass is 350 g/mol. The predicted octanol–water partition coefficient (Wildman–Crippen LogP) is 3.97. The lowest BCUT2D eigenvalue weighted by atomic mass is 10.2. The van der Waals surface area contributed by atoms with Gasteiger partial charge in [0.15, 0.2) is 0 Å². The summed E-state index contributed by atoms with van der Waals surface area (Å²) >= 11 is 0. The van der Waals surface area contributed by atoms with E-state index < -0.39 is 17.6 Å². The van der Waals surface area contributed by atoms with Crippen LogP contribution in [0.15, 0.2) is 72.8 Å². The van der Waals surface area contributed by atoms with Crippen LogP contribution in [-0.4, -0.2) is 11.8 Å². The molecule has 3 aromatic rings. The van der Waals surface area contributed by atoms with Crippen molar-refractivity contribution in [3.05, 3.63) is 89.7 Å². The molecule has 0 unspecified atom stereocenters. The van der Waals surface area contributed by atoms with Gasteiger partial charge in [-0.3, -0.25) is 9.59 Å². The molecule has 0 saturated heterocycles. The van der Waals surface area contributed by atoms with Gasteiger partial charge in [0.25, 0.3) is 5.91 Å². The van der Waals surface area contributed by atoms with Gasteiger partial charge in [0.05, 0.1) is 5.56 Å². The number of primary amides is 1. The molecule has 3 N–H and O–H groups in total. The van der Waals surface area contributed by atoms with E-state index in [4.69, 9.17) is 10.5 Å². The Balaban J connectivity index is 1.69. The Morgan fingerprint density at radius 2 is 1.62 bits per heavy atom. The standard InChI is InChI=1S/C20H15FN2O3/c21-18-7-2-1-6-17(18)20(25)23-14-8-10-15(11-9-14)26-16-5-3-4-13(12-16)19(22)24/h1-12H,(H2,22,24)(H,23,25). The average molecular weight is 350 g/mol. The van der Waals surface area contributed by atoms with Crippen LogP contribution in [0, 0.1) is 5.82 Å². The minimum Gasteiger partial charge on any atom is -0.457 e. The van der Waals surface area contributed by atoms with Crippen molar-refractivity contribution in [2.24, 2.45) is 5.73 Å². The van der Waals surface area contributed by atoms with Crippen LogP contribution >= 0.6 is 0 Å². The molecule has 5 nitrogen and oxygen atoms in total. The minimum atomic E-state index is -0.584. The summed E-state index contributed by atoms with van der Waals surface area (Å²) in [6.45, 7) is 0. The zero-order chi connectivity index (χ0) is 18.5. The first kappa shape index (κ1) is 17.2. The number of nitrogens with one attached hydrogen (secondary N) is 1. The number of nitrogens with two attached hydrogens (primary N) is 1. The van der Waals surface area contributed by atoms with Crippen LogP contribution in [0.25, 0.3) is 0 Å². The fourth-order valence-corrected chi connectivity index (χ4v) is 2.30. The van der Waals surface area contributed by atoms with Crippen LogP contribution < -0.4 is 15.8 Å². The smallest absolute Gasteiger partial charge is 0.258 e. The van der Waals surface area contributed by atoms with Crippen molar-refractivity contribution >= 4 is 17.5 Å². The number of rotatable bonds is 5. The molecule has 0 spiro atoms. The van der Waals surface area contributed by atoms with Crippen LogP contribution in [-0.2, 0) is 0 Å². The average Bonchev–Trinajstić information content (AvgIpc) is 2.64. The second kappa shape index (κ2) is 7.48. The molecule has 0 aliphatic heterocycles. The normalized spacial score (nSPS) is 10.2. The lowest BCUT2D eigenvalue weighted by molar-refractivity contribution is 0.0997. The van der Waals surface area contributed by atoms with E-state index in [1.807, 2.05) is 0 Å². The Morgan fingerprint density at radius 3 is 2.31 bits per heavy atom. The third kappa shape index (κ3) is 4.05. The van der Waals surface area contributed by atoms with E-state index in [9.17, 15) is 14.0 Å². The molecule has 0 saturated carbocycles. The van der Waals surface area contributed by atoms with Crippen LogP contribution in [0.1, 0.15) is 20.7 Å². The molecular formula is C20H15FN2O3. The molecule has 0 atom stereocenters. The zero-order valence-electron chi connectivity index (χ0n) is 13.6. The molecular weight excluding hydrogens is 335 g/mol. The van der Waals surface area contributed by atoms with Gasteiger partial charge in [0, 0.05) is 11.3 Å². The highest BCUT2D eigenvalue weighted by Gasteiger charge is 2.11. The molecule has 0 radical (unpaired) electrons. The summed E-state index contributed by atoms with van der Waals surface area (Å²) in [6, 6.07) is 18.8. The summed E-state index contributed by atoms with van der Waals surface area (Å²) in [7, 11) is 0. The Labute approximate surface area is 149 Å². The number of benzene rings is 3. The van der Waals surface area contributed by atoms with E-state index in [1.165, 1.54) is 24.3 Å². The number of amides is 2. The first-order valence-corrected chi connectivity index (χ1v) is 7.76. The van der Waals surface area contributed by atoms with Crippen molar-refractivity contribution in [2.75, 3.05) is 5.32 Å². The first-order chi connectivity index (χ1) is 12.5. The SMILES string of the molecule is NC(=O)c1cccc(Oc2ccc(NC(=O)c3ccccc3F)cc2)c1. The van der Waals surface area contributed by atoms with Gasteiger partial charge in [-0.15, -0.1) is 0 Å². The maximum atomic E-state index is 13.6. The largest absolute Gasteiger partial charge is 0.457 e. The first-order valence-electron chi connectivity index (χ1n) is 7.76. The number of carbonyl (C=O) groups is 2. The number of anilines is 1. The second-order valence-corrected chi connectivity index (χ2v) is 5.45. The Bertz CT molecular complexity index is 955. The van der Waals surface area contributed by atoms with Gasteiger partial charge in [0.2, 0.25) is 5.91 Å². The van der Waals surface area contributed by atoms with E-state index in [-0.39, 0.29) is 5.56 Å². The van der Waals surface area contributed by atoms with E-state index in [0.717, 1.165) is 0 Å². The maximum absolute atomic E-state index is 13.6. The molecule has 0 bridgehead atoms. The number of hydrogen-bond donors (Lipinski definition) is 2. The van der Waals surface area contributed by atoms with Gasteiger partial charge in [0.1, 0.15) is 17.3 Å². The number of hydrogen-bond acceptors (Lipinski definition) is 3. The topological polar surface area (TPSA) is 81.4 Å². The third-order valence-corrected chi connectivity index (χ3v) is 3.58. The van der Waals surface area contributed by atoms with Crippen molar-refractivity contribution < 1.29 is 18.7 Å². The Kier molecular flexibility index (Phi) is 4.94. The third-order valence-electron chi connectivity index (χ3n) is 3.58. The van der Waals surface area contributed by atoms with Crippen molar-refractivity contribution in [3.8, 4) is 11.5 Å². The van der Waals surface area contributed by atoms with Gasteiger partial charge in [-0.25, -0.2) is 4.39 Å². The summed E-state index contributed by atoms with van der Waals surface area (Å²) in [6.07, 6.45) is 0. The molecule has 3 aromatic carbocycles. The van der Waals surface area contributed by atoms with E-state index in [1.54, 1.807) is 48.5 Å². The molecule has 130 valence electrons. The summed E-state index contributed by atoms with van der Waals surface area (Å²) in [4.78, 5) is 23.3. The number of ether oxygens (including phenoxy) is 1. The van der Waals surface area contributed by atoms with Gasteiger partial charge < -0.3 is 15.8 Å². The maximum Gasteiger partial charge on any atom is 0.258 e. The second-order valence-electron chi connectivity index (χ2n) is 5.45. The van der Waals surface area contributed by atoms with Gasteiger partial charge in [-0.05, 0) is 54.6 Å². The highest BCUT2D eigenvalue weighted by atomic mass is 19.1. The van der Waals surface area contributed by atoms with Crippen molar-refractivity contribution in [3.63, 3.8) is 0 Å². The number of carbonyl (C=O) groups excluding carboxylic acids is 2. The Morgan fingerprint density at radius 1 is 0.885 bits per heavy atom. The van der Waals surface area contributed by atoms with Crippen molar-refractivity contribution in [2.45, 2.75) is 0 Å². The van der Waals surface area contributed by atoms with Gasteiger partial charge >= 0.3 is 0 Å². The summed E-state index contributed by atoms with van der Waals surface area (Å²) in [5, 5.41) is 2.62. The molecule has 2 amide bonds. The highest BCUT2D eigenvalue weighted by Crippen LogP contribution is 2.24. The van der Waals surface area contributed by atoms with Crippen LogP contribution in [0.3, 0.4) is 0 Å². The molecule has 6 heteroatoms. The Hall–Kier alpha value is -3.67. The van der Waals surface area contributed by atoms with Crippen LogP contribution in [0.2, 0.25) is 0 Å².